The number of hydrogen-bond acceptors (Lipinski definition) is 9. The van der Waals surface area contributed by atoms with Gasteiger partial charge in [-0.25, -0.2) is 13.2 Å². The van der Waals surface area contributed by atoms with Gasteiger partial charge in [0.25, 0.3) is 0 Å². The SMILES string of the molecule is COc1ccc(S(=O)(=O)N(CC2CCC(=O)N2)C[C@@H](O)[C@H](Cc2ccccc2)NC(=O)O[C@H]2CO[C@H]3OCC[C@H]32)cc1. The van der Waals surface area contributed by atoms with E-state index >= 15 is 0 Å². The molecule has 0 aromatic heterocycles. The van der Waals surface area contributed by atoms with Crippen LogP contribution in [0.1, 0.15) is 24.8 Å². The first kappa shape index (κ1) is 30.2. The lowest BCUT2D eigenvalue weighted by molar-refractivity contribution is -0.119. The number of fused-ring (bicyclic) bond motifs is 1. The molecule has 3 aliphatic rings. The molecule has 0 saturated carbocycles. The van der Waals surface area contributed by atoms with Crippen LogP contribution in [0.2, 0.25) is 0 Å². The number of alkyl carbamates (subject to hydrolysis) is 1. The summed E-state index contributed by atoms with van der Waals surface area (Å²) in [6.45, 7) is 0.382. The standard InChI is InChI=1S/C29H37N3O9S/c1-38-21-8-10-22(11-9-21)42(36,37)32(16-20-7-12-27(34)30-20)17-25(33)24(15-19-5-3-2-4-6-19)31-29(35)41-26-18-40-28-23(26)13-14-39-28/h2-6,8-11,20,23-26,28,33H,7,12-18H2,1H3,(H,30,34)(H,31,35)/t20?,23-,24-,25+,26-,28+/m0/s1. The van der Waals surface area contributed by atoms with Crippen molar-refractivity contribution >= 4 is 22.0 Å². The van der Waals surface area contributed by atoms with Gasteiger partial charge in [0, 0.05) is 25.6 Å². The number of methoxy groups -OCH3 is 1. The van der Waals surface area contributed by atoms with Crippen LogP contribution in [-0.4, -0.2) is 93.8 Å². The number of rotatable bonds is 12. The highest BCUT2D eigenvalue weighted by Crippen LogP contribution is 2.33. The number of aliphatic hydroxyl groups excluding tert-OH is 1. The smallest absolute Gasteiger partial charge is 0.407 e. The zero-order chi connectivity index (χ0) is 29.7. The summed E-state index contributed by atoms with van der Waals surface area (Å²) in [4.78, 5) is 24.9. The van der Waals surface area contributed by atoms with Crippen molar-refractivity contribution in [1.29, 1.82) is 0 Å². The second-order valence-electron chi connectivity index (χ2n) is 10.8. The maximum Gasteiger partial charge on any atom is 0.407 e. The van der Waals surface area contributed by atoms with Gasteiger partial charge in [-0.15, -0.1) is 0 Å². The molecule has 6 atom stereocenters. The van der Waals surface area contributed by atoms with Gasteiger partial charge in [0.2, 0.25) is 15.9 Å². The quantitative estimate of drug-likeness (QED) is 0.327. The Morgan fingerprint density at radius 3 is 2.60 bits per heavy atom. The fourth-order valence-electron chi connectivity index (χ4n) is 5.59. The Balaban J connectivity index is 1.34. The number of hydrogen-bond donors (Lipinski definition) is 3. The Bertz CT molecular complexity index is 1330. The van der Waals surface area contributed by atoms with E-state index in [1.165, 1.54) is 19.2 Å². The summed E-state index contributed by atoms with van der Waals surface area (Å²) in [5, 5.41) is 17.1. The fourth-order valence-corrected chi connectivity index (χ4v) is 7.09. The number of nitrogens with zero attached hydrogens (tertiary/aromatic N) is 1. The van der Waals surface area contributed by atoms with Crippen molar-refractivity contribution in [3.05, 3.63) is 60.2 Å². The van der Waals surface area contributed by atoms with E-state index in [0.717, 1.165) is 9.87 Å². The minimum atomic E-state index is -4.10. The highest BCUT2D eigenvalue weighted by atomic mass is 32.2. The molecule has 1 unspecified atom stereocenters. The molecule has 5 rings (SSSR count). The van der Waals surface area contributed by atoms with Crippen LogP contribution in [-0.2, 0) is 35.4 Å². The van der Waals surface area contributed by atoms with E-state index in [2.05, 4.69) is 10.6 Å². The molecule has 3 fully saturated rings. The van der Waals surface area contributed by atoms with Gasteiger partial charge in [-0.1, -0.05) is 30.3 Å². The molecule has 3 saturated heterocycles. The van der Waals surface area contributed by atoms with E-state index in [-0.39, 0.29) is 49.1 Å². The first-order chi connectivity index (χ1) is 20.2. The average Bonchev–Trinajstić information content (AvgIpc) is 3.72. The number of aliphatic hydroxyl groups is 1. The number of nitrogens with one attached hydrogen (secondary N) is 2. The number of sulfonamides is 1. The Morgan fingerprint density at radius 1 is 1.14 bits per heavy atom. The molecule has 0 aliphatic carbocycles. The van der Waals surface area contributed by atoms with Crippen LogP contribution in [0.5, 0.6) is 5.75 Å². The van der Waals surface area contributed by atoms with Gasteiger partial charge in [0.05, 0.1) is 43.3 Å². The highest BCUT2D eigenvalue weighted by Gasteiger charge is 2.44. The zero-order valence-corrected chi connectivity index (χ0v) is 24.2. The van der Waals surface area contributed by atoms with Gasteiger partial charge in [-0.2, -0.15) is 4.31 Å². The molecule has 0 radical (unpaired) electrons. The third-order valence-corrected chi connectivity index (χ3v) is 9.75. The van der Waals surface area contributed by atoms with Crippen molar-refractivity contribution in [1.82, 2.24) is 14.9 Å². The summed E-state index contributed by atoms with van der Waals surface area (Å²) in [7, 11) is -2.61. The normalized spacial score (nSPS) is 25.1. The van der Waals surface area contributed by atoms with Crippen molar-refractivity contribution in [2.24, 2.45) is 5.92 Å². The van der Waals surface area contributed by atoms with E-state index in [9.17, 15) is 23.1 Å². The molecule has 2 aromatic rings. The lowest BCUT2D eigenvalue weighted by atomic mass is 10.0. The number of carbonyl (C=O) groups excluding carboxylic acids is 2. The lowest BCUT2D eigenvalue weighted by Crippen LogP contribution is -2.53. The van der Waals surface area contributed by atoms with Crippen LogP contribution in [0, 0.1) is 5.92 Å². The minimum Gasteiger partial charge on any atom is -0.497 e. The third-order valence-electron chi connectivity index (χ3n) is 7.91. The highest BCUT2D eigenvalue weighted by molar-refractivity contribution is 7.89. The molecular formula is C29H37N3O9S. The summed E-state index contributed by atoms with van der Waals surface area (Å²) < 4.78 is 50.7. The number of benzene rings is 2. The third kappa shape index (κ3) is 7.21. The van der Waals surface area contributed by atoms with Crippen LogP contribution in [0.15, 0.2) is 59.5 Å². The first-order valence-electron chi connectivity index (χ1n) is 14.1. The monoisotopic (exact) mass is 603 g/mol. The molecule has 3 N–H and O–H groups in total. The zero-order valence-electron chi connectivity index (χ0n) is 23.4. The fraction of sp³-hybridized carbons (Fsp3) is 0.517. The van der Waals surface area contributed by atoms with Gasteiger partial charge >= 0.3 is 6.09 Å². The Labute approximate surface area is 245 Å². The summed E-state index contributed by atoms with van der Waals surface area (Å²) in [5.41, 5.74) is 0.836. The van der Waals surface area contributed by atoms with E-state index in [1.54, 1.807) is 12.1 Å². The summed E-state index contributed by atoms with van der Waals surface area (Å²) in [6.07, 6.45) is -1.21. The predicted molar refractivity (Wildman–Crippen MR) is 150 cm³/mol. The largest absolute Gasteiger partial charge is 0.497 e. The maximum atomic E-state index is 13.8. The van der Waals surface area contributed by atoms with E-state index in [4.69, 9.17) is 18.9 Å². The van der Waals surface area contributed by atoms with Crippen LogP contribution >= 0.6 is 0 Å². The van der Waals surface area contributed by atoms with Crippen molar-refractivity contribution in [3.63, 3.8) is 0 Å². The minimum absolute atomic E-state index is 0.0152. The molecule has 42 heavy (non-hydrogen) atoms. The summed E-state index contributed by atoms with van der Waals surface area (Å²) in [6, 6.07) is 13.9. The number of ether oxygens (including phenoxy) is 4. The van der Waals surface area contributed by atoms with Crippen molar-refractivity contribution in [2.45, 2.75) is 61.2 Å². The number of amides is 2. The summed E-state index contributed by atoms with van der Waals surface area (Å²) >= 11 is 0. The average molecular weight is 604 g/mol. The molecule has 0 spiro atoms. The molecular weight excluding hydrogens is 566 g/mol. The Hall–Kier alpha value is -3.23. The maximum absolute atomic E-state index is 13.8. The molecule has 2 aromatic carbocycles. The van der Waals surface area contributed by atoms with Crippen LogP contribution < -0.4 is 15.4 Å². The Morgan fingerprint density at radius 2 is 1.90 bits per heavy atom. The van der Waals surface area contributed by atoms with Crippen LogP contribution in [0.4, 0.5) is 4.79 Å². The molecule has 3 heterocycles. The van der Waals surface area contributed by atoms with Crippen LogP contribution in [0.25, 0.3) is 0 Å². The van der Waals surface area contributed by atoms with Crippen molar-refractivity contribution in [3.8, 4) is 5.75 Å². The van der Waals surface area contributed by atoms with Crippen LogP contribution in [0.3, 0.4) is 0 Å². The molecule has 3 aliphatic heterocycles. The molecule has 12 nitrogen and oxygen atoms in total. The summed E-state index contributed by atoms with van der Waals surface area (Å²) in [5.74, 6) is 0.289. The van der Waals surface area contributed by atoms with Crippen molar-refractivity contribution in [2.75, 3.05) is 33.4 Å². The van der Waals surface area contributed by atoms with E-state index in [0.29, 0.717) is 31.6 Å². The van der Waals surface area contributed by atoms with Gasteiger partial charge in [-0.3, -0.25) is 4.79 Å². The molecule has 0 bridgehead atoms. The molecule has 228 valence electrons. The van der Waals surface area contributed by atoms with E-state index in [1.807, 2.05) is 30.3 Å². The topological polar surface area (TPSA) is 153 Å². The molecule has 2 amide bonds. The van der Waals surface area contributed by atoms with E-state index < -0.39 is 40.4 Å². The predicted octanol–water partition coefficient (Wildman–Crippen LogP) is 1.42. The van der Waals surface area contributed by atoms with Gasteiger partial charge in [0.15, 0.2) is 6.29 Å². The number of carbonyl (C=O) groups is 2. The lowest BCUT2D eigenvalue weighted by Gasteiger charge is -2.31. The first-order valence-corrected chi connectivity index (χ1v) is 15.5. The van der Waals surface area contributed by atoms with Gasteiger partial charge < -0.3 is 34.7 Å². The van der Waals surface area contributed by atoms with Crippen molar-refractivity contribution < 1.29 is 42.1 Å². The van der Waals surface area contributed by atoms with Gasteiger partial charge in [0.1, 0.15) is 11.9 Å². The molecule has 13 heteroatoms. The Kier molecular flexibility index (Phi) is 9.63. The van der Waals surface area contributed by atoms with Gasteiger partial charge in [-0.05, 0) is 49.1 Å². The second kappa shape index (κ2) is 13.4. The second-order valence-corrected chi connectivity index (χ2v) is 12.7.